The summed E-state index contributed by atoms with van der Waals surface area (Å²) in [6.07, 6.45) is 5.30. The second-order valence-electron chi connectivity index (χ2n) is 4.37. The lowest BCUT2D eigenvalue weighted by molar-refractivity contribution is 0.102. The quantitative estimate of drug-likeness (QED) is 0.783. The van der Waals surface area contributed by atoms with E-state index in [0.717, 1.165) is 15.5 Å². The van der Waals surface area contributed by atoms with Gasteiger partial charge >= 0.3 is 0 Å². The van der Waals surface area contributed by atoms with Gasteiger partial charge in [-0.2, -0.15) is 0 Å². The molecule has 1 amide bonds. The van der Waals surface area contributed by atoms with Gasteiger partial charge < -0.3 is 4.42 Å². The molecule has 6 heteroatoms. The molecule has 0 bridgehead atoms. The molecule has 3 rings (SSSR count). The first-order valence-electron chi connectivity index (χ1n) is 6.24. The zero-order valence-electron chi connectivity index (χ0n) is 10.9. The van der Waals surface area contributed by atoms with Crippen LogP contribution in [-0.2, 0) is 6.42 Å². The molecule has 2 heterocycles. The Bertz CT molecular complexity index is 753. The molecule has 0 radical (unpaired) electrons. The molecular weight excluding hydrogens is 308 g/mol. The summed E-state index contributed by atoms with van der Waals surface area (Å²) < 4.78 is 4.88. The van der Waals surface area contributed by atoms with Crippen LogP contribution in [0, 0.1) is 0 Å². The summed E-state index contributed by atoms with van der Waals surface area (Å²) in [6, 6.07) is 9.29. The Morgan fingerprint density at radius 2 is 2.19 bits per heavy atom. The molecule has 0 unspecified atom stereocenters. The molecule has 0 aliphatic rings. The van der Waals surface area contributed by atoms with Gasteiger partial charge in [0, 0.05) is 22.5 Å². The van der Waals surface area contributed by atoms with E-state index in [-0.39, 0.29) is 5.91 Å². The number of aromatic nitrogens is 1. The molecule has 1 N–H and O–H groups in total. The lowest BCUT2D eigenvalue weighted by Gasteiger charge is -2.00. The van der Waals surface area contributed by atoms with Crippen molar-refractivity contribution >= 4 is 34.0 Å². The van der Waals surface area contributed by atoms with E-state index in [9.17, 15) is 4.79 Å². The number of halogens is 1. The number of benzene rings is 1. The van der Waals surface area contributed by atoms with E-state index >= 15 is 0 Å². The van der Waals surface area contributed by atoms with Crippen LogP contribution in [0.25, 0.3) is 0 Å². The highest BCUT2D eigenvalue weighted by molar-refractivity contribution is 7.15. The van der Waals surface area contributed by atoms with Gasteiger partial charge in [-0.05, 0) is 17.7 Å². The minimum Gasteiger partial charge on any atom is -0.472 e. The Kier molecular flexibility index (Phi) is 4.03. The Hall–Kier alpha value is -2.11. The van der Waals surface area contributed by atoms with E-state index < -0.39 is 0 Å². The summed E-state index contributed by atoms with van der Waals surface area (Å²) in [7, 11) is 0. The molecule has 21 heavy (non-hydrogen) atoms. The second kappa shape index (κ2) is 6.11. The lowest BCUT2D eigenvalue weighted by atomic mass is 10.1. The number of amides is 1. The topological polar surface area (TPSA) is 55.1 Å². The van der Waals surface area contributed by atoms with Crippen molar-refractivity contribution in [3.8, 4) is 0 Å². The van der Waals surface area contributed by atoms with Gasteiger partial charge in [-0.1, -0.05) is 29.8 Å². The fraction of sp³-hybridized carbons (Fsp3) is 0.0667. The van der Waals surface area contributed by atoms with Crippen LogP contribution in [0.4, 0.5) is 5.13 Å². The number of hydrogen-bond acceptors (Lipinski definition) is 4. The molecule has 2 aromatic heterocycles. The summed E-state index contributed by atoms with van der Waals surface area (Å²) in [5, 5.41) is 4.03. The third-order valence-corrected chi connectivity index (χ3v) is 4.16. The summed E-state index contributed by atoms with van der Waals surface area (Å²) in [5.41, 5.74) is 1.51. The van der Waals surface area contributed by atoms with Gasteiger partial charge in [0.1, 0.15) is 6.26 Å². The fourth-order valence-electron chi connectivity index (χ4n) is 1.84. The van der Waals surface area contributed by atoms with Gasteiger partial charge in [-0.15, -0.1) is 11.3 Å². The summed E-state index contributed by atoms with van der Waals surface area (Å²) in [5.74, 6) is -0.234. The SMILES string of the molecule is O=C(Nc1ncc(Cc2ccccc2Cl)s1)c1ccoc1. The Morgan fingerprint density at radius 1 is 1.33 bits per heavy atom. The second-order valence-corrected chi connectivity index (χ2v) is 5.89. The zero-order valence-corrected chi connectivity index (χ0v) is 12.4. The van der Waals surface area contributed by atoms with Crippen LogP contribution in [0.2, 0.25) is 5.02 Å². The van der Waals surface area contributed by atoms with Gasteiger partial charge in [-0.3, -0.25) is 10.1 Å². The largest absolute Gasteiger partial charge is 0.472 e. The standard InChI is InChI=1S/C15H11ClN2O2S/c16-13-4-2-1-3-10(13)7-12-8-17-15(21-12)18-14(19)11-5-6-20-9-11/h1-6,8-9H,7H2,(H,17,18,19). The predicted octanol–water partition coefficient (Wildman–Crippen LogP) is 4.23. The minimum absolute atomic E-state index is 0.234. The maximum absolute atomic E-state index is 11.9. The van der Waals surface area contributed by atoms with Crippen molar-refractivity contribution in [1.29, 1.82) is 0 Å². The number of hydrogen-bond donors (Lipinski definition) is 1. The van der Waals surface area contributed by atoms with E-state index in [2.05, 4.69) is 10.3 Å². The highest BCUT2D eigenvalue weighted by Crippen LogP contribution is 2.24. The summed E-state index contributed by atoms with van der Waals surface area (Å²) >= 11 is 7.57. The molecule has 106 valence electrons. The van der Waals surface area contributed by atoms with Gasteiger partial charge in [0.25, 0.3) is 5.91 Å². The molecule has 0 aliphatic heterocycles. The third kappa shape index (κ3) is 3.32. The Labute approximate surface area is 130 Å². The average Bonchev–Trinajstić information content (AvgIpc) is 3.13. The molecule has 0 saturated heterocycles. The highest BCUT2D eigenvalue weighted by atomic mass is 35.5. The van der Waals surface area contributed by atoms with Crippen LogP contribution in [0.15, 0.2) is 53.5 Å². The monoisotopic (exact) mass is 318 g/mol. The summed E-state index contributed by atoms with van der Waals surface area (Å²) in [4.78, 5) is 17.1. The normalized spacial score (nSPS) is 10.5. The number of nitrogens with zero attached hydrogens (tertiary/aromatic N) is 1. The number of furan rings is 1. The van der Waals surface area contributed by atoms with Crippen LogP contribution in [-0.4, -0.2) is 10.9 Å². The van der Waals surface area contributed by atoms with E-state index in [4.69, 9.17) is 16.0 Å². The third-order valence-electron chi connectivity index (χ3n) is 2.88. The van der Waals surface area contributed by atoms with Gasteiger partial charge in [-0.25, -0.2) is 4.98 Å². The number of nitrogens with one attached hydrogen (secondary N) is 1. The van der Waals surface area contributed by atoms with E-state index in [0.29, 0.717) is 17.1 Å². The maximum atomic E-state index is 11.9. The number of thiazole rings is 1. The summed E-state index contributed by atoms with van der Waals surface area (Å²) in [6.45, 7) is 0. The van der Waals surface area contributed by atoms with Gasteiger partial charge in [0.15, 0.2) is 5.13 Å². The lowest BCUT2D eigenvalue weighted by Crippen LogP contribution is -2.10. The molecule has 4 nitrogen and oxygen atoms in total. The van der Waals surface area contributed by atoms with Crippen LogP contribution in [0.5, 0.6) is 0 Å². The molecule has 0 aliphatic carbocycles. The van der Waals surface area contributed by atoms with Crippen molar-refractivity contribution in [3.05, 3.63) is 70.1 Å². The molecule has 1 aromatic carbocycles. The Balaban J connectivity index is 1.69. The van der Waals surface area contributed by atoms with Crippen molar-refractivity contribution in [2.45, 2.75) is 6.42 Å². The number of carbonyl (C=O) groups excluding carboxylic acids is 1. The minimum atomic E-state index is -0.234. The highest BCUT2D eigenvalue weighted by Gasteiger charge is 2.11. The van der Waals surface area contributed by atoms with Gasteiger partial charge in [0.2, 0.25) is 0 Å². The number of rotatable bonds is 4. The first-order chi connectivity index (χ1) is 10.2. The first kappa shape index (κ1) is 13.9. The molecular formula is C15H11ClN2O2S. The van der Waals surface area contributed by atoms with Crippen LogP contribution >= 0.6 is 22.9 Å². The fourth-order valence-corrected chi connectivity index (χ4v) is 2.87. The predicted molar refractivity (Wildman–Crippen MR) is 83.0 cm³/mol. The van der Waals surface area contributed by atoms with Crippen molar-refractivity contribution in [1.82, 2.24) is 4.98 Å². The van der Waals surface area contributed by atoms with Crippen molar-refractivity contribution in [2.24, 2.45) is 0 Å². The van der Waals surface area contributed by atoms with E-state index in [1.54, 1.807) is 12.3 Å². The molecule has 0 atom stereocenters. The van der Waals surface area contributed by atoms with Crippen molar-refractivity contribution in [3.63, 3.8) is 0 Å². The maximum Gasteiger partial charge on any atom is 0.260 e. The van der Waals surface area contributed by atoms with Crippen LogP contribution in [0.1, 0.15) is 20.8 Å². The Morgan fingerprint density at radius 3 is 2.95 bits per heavy atom. The molecule has 0 saturated carbocycles. The van der Waals surface area contributed by atoms with Crippen molar-refractivity contribution < 1.29 is 9.21 Å². The smallest absolute Gasteiger partial charge is 0.260 e. The van der Waals surface area contributed by atoms with Crippen LogP contribution in [0.3, 0.4) is 0 Å². The van der Waals surface area contributed by atoms with E-state index in [1.807, 2.05) is 24.3 Å². The average molecular weight is 319 g/mol. The molecule has 3 aromatic rings. The van der Waals surface area contributed by atoms with Crippen molar-refractivity contribution in [2.75, 3.05) is 5.32 Å². The van der Waals surface area contributed by atoms with E-state index in [1.165, 1.54) is 23.9 Å². The van der Waals surface area contributed by atoms with Crippen LogP contribution < -0.4 is 5.32 Å². The van der Waals surface area contributed by atoms with Gasteiger partial charge in [0.05, 0.1) is 11.8 Å². The number of carbonyl (C=O) groups is 1. The first-order valence-corrected chi connectivity index (χ1v) is 7.43. The molecule has 0 fully saturated rings. The zero-order chi connectivity index (χ0) is 14.7. The number of anilines is 1. The molecule has 0 spiro atoms.